The van der Waals surface area contributed by atoms with Crippen molar-refractivity contribution in [3.8, 4) is 0 Å². The minimum absolute atomic E-state index is 0.0775. The molecule has 26 heavy (non-hydrogen) atoms. The summed E-state index contributed by atoms with van der Waals surface area (Å²) in [5, 5.41) is 6.31. The summed E-state index contributed by atoms with van der Waals surface area (Å²) in [6.45, 7) is 3.57. The van der Waals surface area contributed by atoms with Gasteiger partial charge in [0, 0.05) is 5.02 Å². The van der Waals surface area contributed by atoms with E-state index in [2.05, 4.69) is 10.6 Å². The number of hydrogen-bond acceptors (Lipinski definition) is 3. The molecule has 1 aliphatic heterocycles. The zero-order valence-corrected chi connectivity index (χ0v) is 15.8. The van der Waals surface area contributed by atoms with E-state index >= 15 is 0 Å². The summed E-state index contributed by atoms with van der Waals surface area (Å²) in [7, 11) is 0. The molecule has 0 bridgehead atoms. The molecule has 2 aliphatic rings. The van der Waals surface area contributed by atoms with Crippen LogP contribution in [0.2, 0.25) is 5.02 Å². The van der Waals surface area contributed by atoms with E-state index in [-0.39, 0.29) is 30.3 Å². The van der Waals surface area contributed by atoms with Crippen LogP contribution in [-0.2, 0) is 9.59 Å². The highest BCUT2D eigenvalue weighted by molar-refractivity contribution is 6.30. The number of rotatable bonds is 4. The second-order valence-corrected chi connectivity index (χ2v) is 7.72. The van der Waals surface area contributed by atoms with Crippen LogP contribution < -0.4 is 10.6 Å². The Labute approximate surface area is 158 Å². The van der Waals surface area contributed by atoms with E-state index in [1.165, 1.54) is 0 Å². The molecule has 2 N–H and O–H groups in total. The van der Waals surface area contributed by atoms with Crippen LogP contribution in [-0.4, -0.2) is 34.8 Å². The van der Waals surface area contributed by atoms with Gasteiger partial charge in [-0.3, -0.25) is 14.5 Å². The number of amides is 4. The van der Waals surface area contributed by atoms with Crippen molar-refractivity contribution in [1.29, 1.82) is 0 Å². The van der Waals surface area contributed by atoms with E-state index in [1.807, 2.05) is 26.0 Å². The summed E-state index contributed by atoms with van der Waals surface area (Å²) in [4.78, 5) is 38.6. The molecule has 1 aromatic rings. The molecule has 3 atom stereocenters. The summed E-state index contributed by atoms with van der Waals surface area (Å²) in [6, 6.07) is 6.46. The molecule has 0 unspecified atom stereocenters. The lowest BCUT2D eigenvalue weighted by molar-refractivity contribution is -0.137. The van der Waals surface area contributed by atoms with Crippen LogP contribution in [0.4, 0.5) is 4.79 Å². The lowest BCUT2D eigenvalue weighted by Gasteiger charge is -2.36. The fourth-order valence-corrected chi connectivity index (χ4v) is 4.03. The number of hydrogen-bond donors (Lipinski definition) is 2. The third-order valence-electron chi connectivity index (χ3n) is 5.55. The first kappa shape index (κ1) is 18.7. The Morgan fingerprint density at radius 3 is 2.69 bits per heavy atom. The number of carbonyl (C=O) groups is 3. The predicted octanol–water partition coefficient (Wildman–Crippen LogP) is 3.02. The van der Waals surface area contributed by atoms with E-state index in [0.717, 1.165) is 29.7 Å². The highest BCUT2D eigenvalue weighted by atomic mass is 35.5. The molecule has 1 saturated carbocycles. The molecular formula is C19H24ClN3O3. The van der Waals surface area contributed by atoms with Crippen molar-refractivity contribution in [2.45, 2.75) is 51.1 Å². The number of benzene rings is 1. The van der Waals surface area contributed by atoms with Gasteiger partial charge in [0.15, 0.2) is 0 Å². The monoisotopic (exact) mass is 377 g/mol. The van der Waals surface area contributed by atoms with Gasteiger partial charge in [0.25, 0.3) is 5.91 Å². The molecule has 1 saturated heterocycles. The van der Waals surface area contributed by atoms with E-state index in [4.69, 9.17) is 11.6 Å². The summed E-state index contributed by atoms with van der Waals surface area (Å²) in [6.07, 6.45) is 3.51. The second-order valence-electron chi connectivity index (χ2n) is 7.28. The maximum absolute atomic E-state index is 12.9. The van der Waals surface area contributed by atoms with Gasteiger partial charge in [-0.25, -0.2) is 4.79 Å². The lowest BCUT2D eigenvalue weighted by atomic mass is 9.73. The number of imide groups is 1. The molecule has 3 rings (SSSR count). The smallest absolute Gasteiger partial charge is 0.325 e. The minimum Gasteiger partial charge on any atom is -0.348 e. The zero-order valence-electron chi connectivity index (χ0n) is 15.0. The Morgan fingerprint density at radius 1 is 1.35 bits per heavy atom. The van der Waals surface area contributed by atoms with Gasteiger partial charge in [-0.15, -0.1) is 0 Å². The number of halogens is 1. The van der Waals surface area contributed by atoms with Crippen molar-refractivity contribution in [3.05, 3.63) is 34.9 Å². The largest absolute Gasteiger partial charge is 0.348 e. The highest BCUT2D eigenvalue weighted by Gasteiger charge is 2.55. The van der Waals surface area contributed by atoms with Crippen molar-refractivity contribution < 1.29 is 14.4 Å². The van der Waals surface area contributed by atoms with Gasteiger partial charge in [-0.2, -0.15) is 0 Å². The van der Waals surface area contributed by atoms with E-state index in [0.29, 0.717) is 11.4 Å². The van der Waals surface area contributed by atoms with Crippen molar-refractivity contribution >= 4 is 29.4 Å². The van der Waals surface area contributed by atoms with E-state index in [1.54, 1.807) is 12.1 Å². The molecule has 7 heteroatoms. The van der Waals surface area contributed by atoms with Gasteiger partial charge in [0.2, 0.25) is 5.91 Å². The van der Waals surface area contributed by atoms with Gasteiger partial charge in [-0.05, 0) is 43.4 Å². The first-order chi connectivity index (χ1) is 12.3. The maximum atomic E-state index is 12.9. The molecule has 0 radical (unpaired) electrons. The lowest BCUT2D eigenvalue weighted by Crippen LogP contribution is -2.54. The molecule has 0 aromatic heterocycles. The highest BCUT2D eigenvalue weighted by Crippen LogP contribution is 2.38. The Balaban J connectivity index is 1.64. The summed E-state index contributed by atoms with van der Waals surface area (Å²) >= 11 is 5.87. The minimum atomic E-state index is -0.836. The standard InChI is InChI=1S/C19H24ClN3O3/c1-12-5-3-4-10-19(12)17(25)23(18(26)22-19)11-16(24)21-13(2)14-6-8-15(20)9-7-14/h6-9,12-13H,3-5,10-11H2,1-2H3,(H,21,24)(H,22,26)/t12-,13+,19+/m1/s1. The molecule has 6 nitrogen and oxygen atoms in total. The second kappa shape index (κ2) is 7.27. The first-order valence-electron chi connectivity index (χ1n) is 9.02. The van der Waals surface area contributed by atoms with Crippen LogP contribution in [0.3, 0.4) is 0 Å². The molecule has 4 amide bonds. The Morgan fingerprint density at radius 2 is 2.04 bits per heavy atom. The number of nitrogens with zero attached hydrogens (tertiary/aromatic N) is 1. The average molecular weight is 378 g/mol. The molecular weight excluding hydrogens is 354 g/mol. The third kappa shape index (κ3) is 3.43. The first-order valence-corrected chi connectivity index (χ1v) is 9.40. The van der Waals surface area contributed by atoms with Crippen molar-refractivity contribution in [2.24, 2.45) is 5.92 Å². The SMILES string of the molecule is C[C@H](NC(=O)CN1C(=O)N[C@]2(CCCC[C@H]2C)C1=O)c1ccc(Cl)cc1. The van der Waals surface area contributed by atoms with E-state index < -0.39 is 11.6 Å². The Bertz CT molecular complexity index is 721. The predicted molar refractivity (Wildman–Crippen MR) is 98.6 cm³/mol. The van der Waals surface area contributed by atoms with Gasteiger partial charge in [0.05, 0.1) is 6.04 Å². The average Bonchev–Trinajstić information content (AvgIpc) is 2.83. The normalized spacial score (nSPS) is 26.7. The van der Waals surface area contributed by atoms with Gasteiger partial charge < -0.3 is 10.6 Å². The van der Waals surface area contributed by atoms with Gasteiger partial charge in [-0.1, -0.05) is 43.5 Å². The number of urea groups is 1. The maximum Gasteiger partial charge on any atom is 0.325 e. The summed E-state index contributed by atoms with van der Waals surface area (Å²) in [5.41, 5.74) is 0.0644. The topological polar surface area (TPSA) is 78.5 Å². The number of nitrogens with one attached hydrogen (secondary N) is 2. The Kier molecular flexibility index (Phi) is 5.23. The molecule has 1 aliphatic carbocycles. The van der Waals surface area contributed by atoms with Gasteiger partial charge in [0.1, 0.15) is 12.1 Å². The molecule has 1 aromatic carbocycles. The van der Waals surface area contributed by atoms with Crippen LogP contribution >= 0.6 is 11.6 Å². The molecule has 2 fully saturated rings. The van der Waals surface area contributed by atoms with Crippen molar-refractivity contribution in [2.75, 3.05) is 6.54 Å². The Hall–Kier alpha value is -2.08. The molecule has 140 valence electrons. The van der Waals surface area contributed by atoms with E-state index in [9.17, 15) is 14.4 Å². The van der Waals surface area contributed by atoms with Gasteiger partial charge >= 0.3 is 6.03 Å². The molecule has 1 spiro atoms. The fourth-order valence-electron chi connectivity index (χ4n) is 3.90. The van der Waals surface area contributed by atoms with Crippen LogP contribution in [0.5, 0.6) is 0 Å². The van der Waals surface area contributed by atoms with Crippen LogP contribution in [0.25, 0.3) is 0 Å². The van der Waals surface area contributed by atoms with Crippen molar-refractivity contribution in [1.82, 2.24) is 15.5 Å². The quantitative estimate of drug-likeness (QED) is 0.791. The molecule has 1 heterocycles. The van der Waals surface area contributed by atoms with Crippen LogP contribution in [0.1, 0.15) is 51.1 Å². The zero-order chi connectivity index (χ0) is 18.9. The van der Waals surface area contributed by atoms with Crippen molar-refractivity contribution in [3.63, 3.8) is 0 Å². The number of carbonyl (C=O) groups excluding carboxylic acids is 3. The third-order valence-corrected chi connectivity index (χ3v) is 5.80. The fraction of sp³-hybridized carbons (Fsp3) is 0.526. The summed E-state index contributed by atoms with van der Waals surface area (Å²) < 4.78 is 0. The summed E-state index contributed by atoms with van der Waals surface area (Å²) in [5.74, 6) is -0.561. The van der Waals surface area contributed by atoms with Crippen LogP contribution in [0, 0.1) is 5.92 Å². The van der Waals surface area contributed by atoms with Crippen LogP contribution in [0.15, 0.2) is 24.3 Å².